The van der Waals surface area contributed by atoms with E-state index in [9.17, 15) is 0 Å². The Kier molecular flexibility index (Phi) is 8.90. The maximum atomic E-state index is 2.47. The molecule has 126 valence electrons. The van der Waals surface area contributed by atoms with E-state index in [0.29, 0.717) is 0 Å². The van der Waals surface area contributed by atoms with Gasteiger partial charge in [-0.1, -0.05) is 77.9 Å². The third-order valence-electron chi connectivity index (χ3n) is 3.77. The molecule has 1 heterocycles. The van der Waals surface area contributed by atoms with E-state index in [2.05, 4.69) is 61.2 Å². The topological polar surface area (TPSA) is 3.24 Å². The van der Waals surface area contributed by atoms with Gasteiger partial charge < -0.3 is 0 Å². The summed E-state index contributed by atoms with van der Waals surface area (Å²) < 4.78 is 2.85. The van der Waals surface area contributed by atoms with Gasteiger partial charge in [0.05, 0.1) is 0 Å². The predicted molar refractivity (Wildman–Crippen MR) is 109 cm³/mol. The molecule has 1 aromatic heterocycles. The van der Waals surface area contributed by atoms with Crippen LogP contribution in [0.5, 0.6) is 0 Å². The van der Waals surface area contributed by atoms with Crippen molar-refractivity contribution in [3.05, 3.63) is 48.0 Å². The summed E-state index contributed by atoms with van der Waals surface area (Å²) in [5.41, 5.74) is 1.46. The van der Waals surface area contributed by atoms with Crippen LogP contribution < -0.4 is 0 Å². The average molecular weight is 330 g/mol. The normalized spacial score (nSPS) is 10.2. The van der Waals surface area contributed by atoms with Gasteiger partial charge in [0, 0.05) is 26.7 Å². The number of hydrogen-bond donors (Lipinski definition) is 0. The molecule has 2 heteroatoms. The summed E-state index contributed by atoms with van der Waals surface area (Å²) in [6.45, 7) is 15.7. The SMILES string of the molecule is CC.CC.CCN(CC)Cc1cccc2c1sc1ccccc12. The van der Waals surface area contributed by atoms with E-state index in [1.165, 1.54) is 25.7 Å². The van der Waals surface area contributed by atoms with E-state index in [1.54, 1.807) is 0 Å². The lowest BCUT2D eigenvalue weighted by Gasteiger charge is -2.18. The zero-order valence-electron chi connectivity index (χ0n) is 15.5. The Balaban J connectivity index is 0.000000615. The minimum absolute atomic E-state index is 1.05. The second-order valence-corrected chi connectivity index (χ2v) is 5.91. The number of nitrogens with zero attached hydrogens (tertiary/aromatic N) is 1. The van der Waals surface area contributed by atoms with Crippen LogP contribution in [0.3, 0.4) is 0 Å². The van der Waals surface area contributed by atoms with Crippen LogP contribution in [0.1, 0.15) is 47.1 Å². The second kappa shape index (κ2) is 10.4. The first kappa shape index (κ1) is 19.7. The van der Waals surface area contributed by atoms with Crippen molar-refractivity contribution in [2.75, 3.05) is 13.1 Å². The van der Waals surface area contributed by atoms with Crippen LogP contribution in [-0.2, 0) is 6.54 Å². The van der Waals surface area contributed by atoms with Crippen molar-refractivity contribution >= 4 is 31.5 Å². The van der Waals surface area contributed by atoms with E-state index >= 15 is 0 Å². The molecule has 0 aliphatic carbocycles. The lowest BCUT2D eigenvalue weighted by Crippen LogP contribution is -2.22. The van der Waals surface area contributed by atoms with Gasteiger partial charge in [0.15, 0.2) is 0 Å². The van der Waals surface area contributed by atoms with E-state index in [0.717, 1.165) is 19.6 Å². The Bertz CT molecular complexity index is 695. The zero-order valence-corrected chi connectivity index (χ0v) is 16.3. The molecule has 0 saturated carbocycles. The van der Waals surface area contributed by atoms with Crippen molar-refractivity contribution in [3.63, 3.8) is 0 Å². The molecule has 0 atom stereocenters. The van der Waals surface area contributed by atoms with Gasteiger partial charge in [-0.25, -0.2) is 0 Å². The van der Waals surface area contributed by atoms with Crippen molar-refractivity contribution in [1.82, 2.24) is 4.90 Å². The Labute approximate surface area is 145 Å². The standard InChI is InChI=1S/C17H19NS.2C2H6/c1-3-18(4-2)12-13-8-7-10-15-14-9-5-6-11-16(14)19-17(13)15;2*1-2/h5-11H,3-4,12H2,1-2H3;2*1-2H3. The predicted octanol–water partition coefficient (Wildman–Crippen LogP) is 6.95. The smallest absolute Gasteiger partial charge is 0.0400 e. The average Bonchev–Trinajstić information content (AvgIpc) is 3.02. The first-order valence-electron chi connectivity index (χ1n) is 8.95. The second-order valence-electron chi connectivity index (χ2n) is 4.85. The van der Waals surface area contributed by atoms with Crippen LogP contribution in [0.4, 0.5) is 0 Å². The summed E-state index contributed by atoms with van der Waals surface area (Å²) >= 11 is 1.92. The highest BCUT2D eigenvalue weighted by Gasteiger charge is 2.09. The Morgan fingerprint density at radius 1 is 0.783 bits per heavy atom. The Morgan fingerprint density at radius 3 is 2.04 bits per heavy atom. The largest absolute Gasteiger partial charge is 0.300 e. The number of rotatable bonds is 4. The molecule has 0 amide bonds. The Morgan fingerprint density at radius 2 is 1.39 bits per heavy atom. The van der Waals surface area contributed by atoms with Crippen LogP contribution >= 0.6 is 11.3 Å². The first-order valence-corrected chi connectivity index (χ1v) is 9.76. The minimum atomic E-state index is 1.05. The highest BCUT2D eigenvalue weighted by molar-refractivity contribution is 7.26. The number of hydrogen-bond acceptors (Lipinski definition) is 2. The number of thiophene rings is 1. The summed E-state index contributed by atoms with van der Waals surface area (Å²) in [6, 6.07) is 15.4. The fourth-order valence-electron chi connectivity index (χ4n) is 2.62. The molecule has 0 spiro atoms. The van der Waals surface area contributed by atoms with Crippen molar-refractivity contribution in [1.29, 1.82) is 0 Å². The molecule has 0 unspecified atom stereocenters. The fourth-order valence-corrected chi connectivity index (χ4v) is 3.82. The maximum Gasteiger partial charge on any atom is 0.0400 e. The van der Waals surface area contributed by atoms with E-state index in [-0.39, 0.29) is 0 Å². The van der Waals surface area contributed by atoms with Gasteiger partial charge in [0.2, 0.25) is 0 Å². The molecular formula is C21H31NS. The van der Waals surface area contributed by atoms with Gasteiger partial charge in [0.25, 0.3) is 0 Å². The molecule has 23 heavy (non-hydrogen) atoms. The monoisotopic (exact) mass is 329 g/mol. The molecule has 0 bridgehead atoms. The van der Waals surface area contributed by atoms with Gasteiger partial charge in [-0.2, -0.15) is 0 Å². The molecule has 2 aromatic carbocycles. The molecule has 3 aromatic rings. The molecule has 3 rings (SSSR count). The summed E-state index contributed by atoms with van der Waals surface area (Å²) in [5, 5.41) is 2.80. The summed E-state index contributed by atoms with van der Waals surface area (Å²) in [5.74, 6) is 0. The quantitative estimate of drug-likeness (QED) is 0.500. The number of fused-ring (bicyclic) bond motifs is 3. The highest BCUT2D eigenvalue weighted by atomic mass is 32.1. The molecule has 0 radical (unpaired) electrons. The van der Waals surface area contributed by atoms with Gasteiger partial charge in [-0.05, 0) is 24.7 Å². The van der Waals surface area contributed by atoms with Crippen molar-refractivity contribution in [2.24, 2.45) is 0 Å². The number of benzene rings is 2. The van der Waals surface area contributed by atoms with Crippen LogP contribution in [0.25, 0.3) is 20.2 Å². The third-order valence-corrected chi connectivity index (χ3v) is 5.04. The zero-order chi connectivity index (χ0) is 17.2. The third kappa shape index (κ3) is 4.55. The minimum Gasteiger partial charge on any atom is -0.300 e. The molecule has 0 aliphatic rings. The van der Waals surface area contributed by atoms with Gasteiger partial charge in [0.1, 0.15) is 0 Å². The molecule has 0 fully saturated rings. The Hall–Kier alpha value is -1.38. The van der Waals surface area contributed by atoms with Gasteiger partial charge >= 0.3 is 0 Å². The summed E-state index contributed by atoms with van der Waals surface area (Å²) in [4.78, 5) is 2.47. The van der Waals surface area contributed by atoms with E-state index < -0.39 is 0 Å². The van der Waals surface area contributed by atoms with Crippen molar-refractivity contribution in [3.8, 4) is 0 Å². The summed E-state index contributed by atoms with van der Waals surface area (Å²) in [7, 11) is 0. The van der Waals surface area contributed by atoms with E-state index in [4.69, 9.17) is 0 Å². The van der Waals surface area contributed by atoms with Crippen LogP contribution in [0.15, 0.2) is 42.5 Å². The van der Waals surface area contributed by atoms with Crippen LogP contribution in [-0.4, -0.2) is 18.0 Å². The van der Waals surface area contributed by atoms with Crippen molar-refractivity contribution < 1.29 is 0 Å². The van der Waals surface area contributed by atoms with Crippen molar-refractivity contribution in [2.45, 2.75) is 48.1 Å². The molecule has 0 saturated heterocycles. The van der Waals surface area contributed by atoms with Gasteiger partial charge in [-0.15, -0.1) is 11.3 Å². The highest BCUT2D eigenvalue weighted by Crippen LogP contribution is 2.35. The molecule has 1 nitrogen and oxygen atoms in total. The molecule has 0 N–H and O–H groups in total. The van der Waals surface area contributed by atoms with Crippen LogP contribution in [0.2, 0.25) is 0 Å². The van der Waals surface area contributed by atoms with E-state index in [1.807, 2.05) is 39.0 Å². The van der Waals surface area contributed by atoms with Crippen LogP contribution in [0, 0.1) is 0 Å². The summed E-state index contributed by atoms with van der Waals surface area (Å²) in [6.07, 6.45) is 0. The lowest BCUT2D eigenvalue weighted by atomic mass is 10.1. The maximum absolute atomic E-state index is 2.47. The lowest BCUT2D eigenvalue weighted by molar-refractivity contribution is 0.297. The molecule has 0 aliphatic heterocycles. The van der Waals surface area contributed by atoms with Gasteiger partial charge in [-0.3, -0.25) is 4.90 Å². The fraction of sp³-hybridized carbons (Fsp3) is 0.429. The molecular weight excluding hydrogens is 298 g/mol. The first-order chi connectivity index (χ1) is 11.3.